The topological polar surface area (TPSA) is 67.7 Å². The molecule has 1 aromatic heterocycles. The van der Waals surface area contributed by atoms with Crippen molar-refractivity contribution >= 4 is 11.7 Å². The fraction of sp³-hybridized carbons (Fsp3) is 0.267. The molecule has 0 atom stereocenters. The maximum Gasteiger partial charge on any atom is 0.344 e. The Morgan fingerprint density at radius 2 is 1.91 bits per heavy atom. The molecule has 0 aliphatic carbocycles. The molecule has 1 aliphatic heterocycles. The van der Waals surface area contributed by atoms with Crippen LogP contribution in [0.4, 0.5) is 10.5 Å². The van der Waals surface area contributed by atoms with E-state index in [-0.39, 0.29) is 11.6 Å². The Morgan fingerprint density at radius 3 is 2.59 bits per heavy atom. The van der Waals surface area contributed by atoms with E-state index in [1.165, 1.54) is 28.3 Å². The molecule has 0 saturated carbocycles. The van der Waals surface area contributed by atoms with Gasteiger partial charge in [0.1, 0.15) is 0 Å². The van der Waals surface area contributed by atoms with E-state index >= 15 is 0 Å². The SMILES string of the molecule is O=C(N1CCOCC1)N(c1ccccc1)n1ccncc1=O. The molecule has 3 rings (SSSR count). The molecule has 1 fully saturated rings. The normalized spacial score (nSPS) is 14.6. The van der Waals surface area contributed by atoms with Crippen LogP contribution < -0.4 is 10.6 Å². The molecule has 0 spiro atoms. The standard InChI is InChI=1S/C15H16N4O3/c20-14-12-16-6-7-18(14)19(13-4-2-1-3-5-13)15(21)17-8-10-22-11-9-17/h1-7,12H,8-11H2. The van der Waals surface area contributed by atoms with Gasteiger partial charge in [-0.2, -0.15) is 5.01 Å². The van der Waals surface area contributed by atoms with Crippen molar-refractivity contribution in [2.75, 3.05) is 31.3 Å². The third kappa shape index (κ3) is 2.84. The molecule has 0 unspecified atom stereocenters. The smallest absolute Gasteiger partial charge is 0.344 e. The summed E-state index contributed by atoms with van der Waals surface area (Å²) >= 11 is 0. The largest absolute Gasteiger partial charge is 0.378 e. The molecule has 0 radical (unpaired) electrons. The number of morpholine rings is 1. The van der Waals surface area contributed by atoms with E-state index in [1.807, 2.05) is 18.2 Å². The first kappa shape index (κ1) is 14.3. The Balaban J connectivity index is 2.02. The van der Waals surface area contributed by atoms with Crippen molar-refractivity contribution < 1.29 is 9.53 Å². The van der Waals surface area contributed by atoms with Gasteiger partial charge in [-0.3, -0.25) is 9.78 Å². The fourth-order valence-electron chi connectivity index (χ4n) is 2.29. The summed E-state index contributed by atoms with van der Waals surface area (Å²) in [7, 11) is 0. The second-order valence-electron chi connectivity index (χ2n) is 4.79. The summed E-state index contributed by atoms with van der Waals surface area (Å²) in [5.41, 5.74) is 0.250. The van der Waals surface area contributed by atoms with Crippen LogP contribution in [0.5, 0.6) is 0 Å². The molecule has 7 nitrogen and oxygen atoms in total. The van der Waals surface area contributed by atoms with Crippen LogP contribution in [-0.2, 0) is 4.74 Å². The highest BCUT2D eigenvalue weighted by molar-refractivity contribution is 5.91. The maximum absolute atomic E-state index is 12.9. The van der Waals surface area contributed by atoms with Crippen LogP contribution in [0.1, 0.15) is 0 Å². The summed E-state index contributed by atoms with van der Waals surface area (Å²) in [5, 5.41) is 1.36. The van der Waals surface area contributed by atoms with Crippen LogP contribution in [0.3, 0.4) is 0 Å². The summed E-state index contributed by atoms with van der Waals surface area (Å²) in [5.74, 6) is 0. The Labute approximate surface area is 127 Å². The zero-order chi connectivity index (χ0) is 15.4. The molecule has 0 bridgehead atoms. The van der Waals surface area contributed by atoms with E-state index in [2.05, 4.69) is 4.98 Å². The van der Waals surface area contributed by atoms with E-state index in [9.17, 15) is 9.59 Å². The monoisotopic (exact) mass is 300 g/mol. The molecular weight excluding hydrogens is 284 g/mol. The predicted molar refractivity (Wildman–Crippen MR) is 80.6 cm³/mol. The lowest BCUT2D eigenvalue weighted by Gasteiger charge is -2.33. The molecule has 1 saturated heterocycles. The van der Waals surface area contributed by atoms with E-state index in [0.717, 1.165) is 0 Å². The van der Waals surface area contributed by atoms with Gasteiger partial charge in [-0.05, 0) is 12.1 Å². The van der Waals surface area contributed by atoms with Gasteiger partial charge in [0.2, 0.25) is 0 Å². The molecule has 1 aliphatic rings. The third-order valence-electron chi connectivity index (χ3n) is 3.38. The third-order valence-corrected chi connectivity index (χ3v) is 3.38. The molecule has 0 N–H and O–H groups in total. The first-order chi connectivity index (χ1) is 10.8. The van der Waals surface area contributed by atoms with E-state index in [1.54, 1.807) is 17.0 Å². The van der Waals surface area contributed by atoms with Crippen molar-refractivity contribution in [1.82, 2.24) is 14.6 Å². The summed E-state index contributed by atoms with van der Waals surface area (Å²) < 4.78 is 6.54. The first-order valence-electron chi connectivity index (χ1n) is 7.02. The molecule has 114 valence electrons. The lowest BCUT2D eigenvalue weighted by Crippen LogP contribution is -2.52. The number of urea groups is 1. The average Bonchev–Trinajstić information content (AvgIpc) is 2.58. The number of anilines is 1. The summed E-state index contributed by atoms with van der Waals surface area (Å²) in [6, 6.07) is 8.80. The van der Waals surface area contributed by atoms with Gasteiger partial charge in [0.05, 0.1) is 25.1 Å². The van der Waals surface area contributed by atoms with Crippen molar-refractivity contribution in [2.45, 2.75) is 0 Å². The van der Waals surface area contributed by atoms with Crippen molar-refractivity contribution in [3.8, 4) is 0 Å². The van der Waals surface area contributed by atoms with Crippen molar-refractivity contribution in [2.24, 2.45) is 0 Å². The Kier molecular flexibility index (Phi) is 4.15. The van der Waals surface area contributed by atoms with Gasteiger partial charge in [0, 0.05) is 25.5 Å². The van der Waals surface area contributed by atoms with Crippen LogP contribution in [0.15, 0.2) is 53.7 Å². The molecule has 1 aromatic carbocycles. The quantitative estimate of drug-likeness (QED) is 0.828. The molecular formula is C15H16N4O3. The van der Waals surface area contributed by atoms with Crippen molar-refractivity contribution in [1.29, 1.82) is 0 Å². The van der Waals surface area contributed by atoms with Crippen LogP contribution in [-0.4, -0.2) is 46.9 Å². The average molecular weight is 300 g/mol. The number of carbonyl (C=O) groups is 1. The lowest BCUT2D eigenvalue weighted by atomic mass is 10.3. The van der Waals surface area contributed by atoms with Gasteiger partial charge in [-0.15, -0.1) is 0 Å². The summed E-state index contributed by atoms with van der Waals surface area (Å²) in [6.45, 7) is 2.00. The van der Waals surface area contributed by atoms with Gasteiger partial charge in [0.25, 0.3) is 5.56 Å². The second-order valence-corrected chi connectivity index (χ2v) is 4.79. The minimum Gasteiger partial charge on any atom is -0.378 e. The van der Waals surface area contributed by atoms with Gasteiger partial charge >= 0.3 is 6.03 Å². The number of rotatable bonds is 2. The highest BCUT2D eigenvalue weighted by Gasteiger charge is 2.26. The zero-order valence-corrected chi connectivity index (χ0v) is 12.0. The molecule has 2 aromatic rings. The number of hydrogen-bond acceptors (Lipinski definition) is 4. The molecule has 22 heavy (non-hydrogen) atoms. The number of ether oxygens (including phenoxy) is 1. The van der Waals surface area contributed by atoms with Crippen LogP contribution >= 0.6 is 0 Å². The highest BCUT2D eigenvalue weighted by atomic mass is 16.5. The van der Waals surface area contributed by atoms with Crippen molar-refractivity contribution in [3.05, 3.63) is 59.3 Å². The van der Waals surface area contributed by atoms with Crippen LogP contribution in [0.25, 0.3) is 0 Å². The highest BCUT2D eigenvalue weighted by Crippen LogP contribution is 2.16. The minimum absolute atomic E-state index is 0.261. The van der Waals surface area contributed by atoms with Crippen LogP contribution in [0.2, 0.25) is 0 Å². The molecule has 2 heterocycles. The van der Waals surface area contributed by atoms with E-state index in [0.29, 0.717) is 32.0 Å². The van der Waals surface area contributed by atoms with Gasteiger partial charge in [-0.1, -0.05) is 18.2 Å². The lowest BCUT2D eigenvalue weighted by molar-refractivity contribution is 0.0543. The zero-order valence-electron chi connectivity index (χ0n) is 12.0. The number of para-hydroxylation sites is 1. The maximum atomic E-state index is 12.9. The van der Waals surface area contributed by atoms with E-state index < -0.39 is 0 Å². The van der Waals surface area contributed by atoms with Crippen molar-refractivity contribution in [3.63, 3.8) is 0 Å². The molecule has 2 amide bonds. The Bertz CT molecular complexity index is 695. The Hall–Kier alpha value is -2.67. The summed E-state index contributed by atoms with van der Waals surface area (Å²) in [6.07, 6.45) is 4.14. The predicted octanol–water partition coefficient (Wildman–Crippen LogP) is 0.965. The minimum atomic E-state index is -0.368. The number of carbonyl (C=O) groups excluding carboxylic acids is 1. The van der Waals surface area contributed by atoms with E-state index in [4.69, 9.17) is 4.74 Å². The number of aromatic nitrogens is 2. The number of nitrogens with zero attached hydrogens (tertiary/aromatic N) is 4. The number of hydrogen-bond donors (Lipinski definition) is 0. The van der Waals surface area contributed by atoms with Crippen LogP contribution in [0, 0.1) is 0 Å². The molecule has 7 heteroatoms. The fourth-order valence-corrected chi connectivity index (χ4v) is 2.29. The van der Waals surface area contributed by atoms with Gasteiger partial charge in [-0.25, -0.2) is 9.47 Å². The first-order valence-corrected chi connectivity index (χ1v) is 7.02. The number of benzene rings is 1. The number of amides is 2. The summed E-state index contributed by atoms with van der Waals surface area (Å²) in [4.78, 5) is 30.4. The van der Waals surface area contributed by atoms with Gasteiger partial charge in [0.15, 0.2) is 0 Å². The van der Waals surface area contributed by atoms with Gasteiger partial charge < -0.3 is 9.64 Å². The second kappa shape index (κ2) is 6.40. The Morgan fingerprint density at radius 1 is 1.18 bits per heavy atom.